The predicted octanol–water partition coefficient (Wildman–Crippen LogP) is 1.51. The van der Waals surface area contributed by atoms with Gasteiger partial charge in [0.1, 0.15) is 5.56 Å². The van der Waals surface area contributed by atoms with Gasteiger partial charge in [0.25, 0.3) is 0 Å². The number of alkyl halides is 3. The molecule has 1 aromatic rings. The maximum atomic E-state index is 11.8. The van der Waals surface area contributed by atoms with Crippen LogP contribution in [0.25, 0.3) is 0 Å². The highest BCUT2D eigenvalue weighted by molar-refractivity contribution is 5.89. The van der Waals surface area contributed by atoms with Gasteiger partial charge in [0.2, 0.25) is 5.88 Å². The SMILES string of the molecule is O=C(O)c1ccnnc1OCCC(F)(F)F. The quantitative estimate of drug-likeness (QED) is 0.857. The van der Waals surface area contributed by atoms with Crippen molar-refractivity contribution in [2.24, 2.45) is 0 Å². The molecule has 0 aliphatic rings. The Balaban J connectivity index is 2.64. The lowest BCUT2D eigenvalue weighted by molar-refractivity contribution is -0.139. The number of carbonyl (C=O) groups is 1. The molecule has 0 radical (unpaired) electrons. The molecular formula is C8H7F3N2O3. The monoisotopic (exact) mass is 236 g/mol. The second kappa shape index (κ2) is 4.77. The minimum atomic E-state index is -4.36. The van der Waals surface area contributed by atoms with E-state index in [1.165, 1.54) is 0 Å². The Hall–Kier alpha value is -1.86. The summed E-state index contributed by atoms with van der Waals surface area (Å²) >= 11 is 0. The van der Waals surface area contributed by atoms with Gasteiger partial charge in [-0.15, -0.1) is 5.10 Å². The summed E-state index contributed by atoms with van der Waals surface area (Å²) in [5, 5.41) is 15.3. The average molecular weight is 236 g/mol. The number of carboxylic acid groups (broad SMARTS) is 1. The Kier molecular flexibility index (Phi) is 3.64. The Labute approximate surface area is 87.9 Å². The molecule has 0 aliphatic heterocycles. The predicted molar refractivity (Wildman–Crippen MR) is 45.2 cm³/mol. The van der Waals surface area contributed by atoms with Crippen molar-refractivity contribution >= 4 is 5.97 Å². The van der Waals surface area contributed by atoms with Gasteiger partial charge in [-0.1, -0.05) is 0 Å². The molecule has 0 saturated heterocycles. The number of nitrogens with zero attached hydrogens (tertiary/aromatic N) is 2. The molecule has 16 heavy (non-hydrogen) atoms. The van der Waals surface area contributed by atoms with Crippen LogP contribution in [0.4, 0.5) is 13.2 Å². The molecule has 0 bridgehead atoms. The Morgan fingerprint density at radius 2 is 2.19 bits per heavy atom. The first-order valence-corrected chi connectivity index (χ1v) is 4.14. The minimum Gasteiger partial charge on any atom is -0.477 e. The fraction of sp³-hybridized carbons (Fsp3) is 0.375. The smallest absolute Gasteiger partial charge is 0.392 e. The van der Waals surface area contributed by atoms with Crippen LogP contribution in [0.15, 0.2) is 12.3 Å². The van der Waals surface area contributed by atoms with E-state index in [0.717, 1.165) is 12.3 Å². The van der Waals surface area contributed by atoms with E-state index in [1.807, 2.05) is 0 Å². The normalized spacial score (nSPS) is 11.2. The number of carboxylic acids is 1. The van der Waals surface area contributed by atoms with Crippen LogP contribution < -0.4 is 4.74 Å². The standard InChI is InChI=1S/C8H7F3N2O3/c9-8(10,11)2-4-16-6-5(7(14)15)1-3-12-13-6/h1,3H,2,4H2,(H,14,15). The first-order chi connectivity index (χ1) is 7.40. The van der Waals surface area contributed by atoms with Gasteiger partial charge in [-0.25, -0.2) is 4.79 Å². The lowest BCUT2D eigenvalue weighted by atomic mass is 10.3. The Bertz CT molecular complexity index is 381. The molecular weight excluding hydrogens is 229 g/mol. The van der Waals surface area contributed by atoms with Crippen molar-refractivity contribution in [3.05, 3.63) is 17.8 Å². The molecule has 1 aromatic heterocycles. The van der Waals surface area contributed by atoms with E-state index in [9.17, 15) is 18.0 Å². The summed E-state index contributed by atoms with van der Waals surface area (Å²) in [6.45, 7) is -0.692. The van der Waals surface area contributed by atoms with Crippen molar-refractivity contribution in [3.63, 3.8) is 0 Å². The first-order valence-electron chi connectivity index (χ1n) is 4.14. The lowest BCUT2D eigenvalue weighted by Gasteiger charge is -2.08. The van der Waals surface area contributed by atoms with Crippen LogP contribution in [0.5, 0.6) is 5.88 Å². The van der Waals surface area contributed by atoms with Crippen LogP contribution in [-0.2, 0) is 0 Å². The van der Waals surface area contributed by atoms with Gasteiger partial charge in [-0.2, -0.15) is 18.3 Å². The van der Waals surface area contributed by atoms with Crippen molar-refractivity contribution in [3.8, 4) is 5.88 Å². The molecule has 0 unspecified atom stereocenters. The van der Waals surface area contributed by atoms with Crippen LogP contribution in [-0.4, -0.2) is 34.1 Å². The number of hydrogen-bond acceptors (Lipinski definition) is 4. The molecule has 1 heterocycles. The molecule has 88 valence electrons. The number of halogens is 3. The molecule has 0 fully saturated rings. The van der Waals surface area contributed by atoms with Gasteiger partial charge in [-0.05, 0) is 6.07 Å². The summed E-state index contributed by atoms with van der Waals surface area (Å²) < 4.78 is 40.0. The molecule has 0 atom stereocenters. The Morgan fingerprint density at radius 1 is 1.50 bits per heavy atom. The molecule has 0 saturated carbocycles. The molecule has 5 nitrogen and oxygen atoms in total. The molecule has 8 heteroatoms. The summed E-state index contributed by atoms with van der Waals surface area (Å²) in [6, 6.07) is 1.10. The minimum absolute atomic E-state index is 0.322. The van der Waals surface area contributed by atoms with E-state index in [-0.39, 0.29) is 5.56 Å². The highest BCUT2D eigenvalue weighted by atomic mass is 19.4. The third-order valence-corrected chi connectivity index (χ3v) is 1.54. The number of aromatic nitrogens is 2. The topological polar surface area (TPSA) is 72.3 Å². The molecule has 0 aliphatic carbocycles. The fourth-order valence-corrected chi connectivity index (χ4v) is 0.852. The lowest BCUT2D eigenvalue weighted by Crippen LogP contribution is -2.15. The Morgan fingerprint density at radius 3 is 2.75 bits per heavy atom. The second-order valence-electron chi connectivity index (χ2n) is 2.77. The number of ether oxygens (including phenoxy) is 1. The summed E-state index contributed by atoms with van der Waals surface area (Å²) in [5.74, 6) is -1.75. The largest absolute Gasteiger partial charge is 0.477 e. The van der Waals surface area contributed by atoms with Crippen molar-refractivity contribution in [2.45, 2.75) is 12.6 Å². The van der Waals surface area contributed by atoms with E-state index < -0.39 is 31.1 Å². The molecule has 1 rings (SSSR count). The molecule has 0 amide bonds. The number of rotatable bonds is 4. The zero-order valence-corrected chi connectivity index (χ0v) is 7.86. The van der Waals surface area contributed by atoms with Gasteiger partial charge < -0.3 is 9.84 Å². The molecule has 0 spiro atoms. The van der Waals surface area contributed by atoms with Crippen LogP contribution in [0.1, 0.15) is 16.8 Å². The summed E-state index contributed by atoms with van der Waals surface area (Å²) in [6.07, 6.45) is -4.42. The van der Waals surface area contributed by atoms with E-state index in [1.54, 1.807) is 0 Å². The summed E-state index contributed by atoms with van der Waals surface area (Å²) in [5.41, 5.74) is -0.322. The van der Waals surface area contributed by atoms with Crippen molar-refractivity contribution in [2.75, 3.05) is 6.61 Å². The zero-order valence-electron chi connectivity index (χ0n) is 7.86. The van der Waals surface area contributed by atoms with E-state index in [4.69, 9.17) is 5.11 Å². The molecule has 0 aromatic carbocycles. The maximum absolute atomic E-state index is 11.8. The zero-order chi connectivity index (χ0) is 12.2. The van der Waals surface area contributed by atoms with Gasteiger partial charge in [0.05, 0.1) is 19.2 Å². The fourth-order valence-electron chi connectivity index (χ4n) is 0.852. The third kappa shape index (κ3) is 3.71. The van der Waals surface area contributed by atoms with Crippen molar-refractivity contribution < 1.29 is 27.8 Å². The van der Waals surface area contributed by atoms with Crippen LogP contribution in [0, 0.1) is 0 Å². The van der Waals surface area contributed by atoms with E-state index >= 15 is 0 Å². The van der Waals surface area contributed by atoms with Crippen molar-refractivity contribution in [1.82, 2.24) is 10.2 Å². The van der Waals surface area contributed by atoms with Crippen LogP contribution >= 0.6 is 0 Å². The molecule has 1 N–H and O–H groups in total. The van der Waals surface area contributed by atoms with Crippen molar-refractivity contribution in [1.29, 1.82) is 0 Å². The van der Waals surface area contributed by atoms with Gasteiger partial charge in [0.15, 0.2) is 0 Å². The summed E-state index contributed by atoms with van der Waals surface area (Å²) in [4.78, 5) is 10.6. The van der Waals surface area contributed by atoms with Crippen LogP contribution in [0.3, 0.4) is 0 Å². The number of aromatic carboxylic acids is 1. The highest BCUT2D eigenvalue weighted by Gasteiger charge is 2.27. The second-order valence-corrected chi connectivity index (χ2v) is 2.77. The summed E-state index contributed by atoms with van der Waals surface area (Å²) in [7, 11) is 0. The van der Waals surface area contributed by atoms with Gasteiger partial charge in [-0.3, -0.25) is 0 Å². The third-order valence-electron chi connectivity index (χ3n) is 1.54. The van der Waals surface area contributed by atoms with E-state index in [0.29, 0.717) is 0 Å². The van der Waals surface area contributed by atoms with Gasteiger partial charge >= 0.3 is 12.1 Å². The van der Waals surface area contributed by atoms with E-state index in [2.05, 4.69) is 14.9 Å². The van der Waals surface area contributed by atoms with Gasteiger partial charge in [0, 0.05) is 0 Å². The van der Waals surface area contributed by atoms with Crippen LogP contribution in [0.2, 0.25) is 0 Å². The first kappa shape index (κ1) is 12.2. The number of hydrogen-bond donors (Lipinski definition) is 1. The average Bonchev–Trinajstić information content (AvgIpc) is 2.16. The maximum Gasteiger partial charge on any atom is 0.392 e. The highest BCUT2D eigenvalue weighted by Crippen LogP contribution is 2.20.